The van der Waals surface area contributed by atoms with Gasteiger partial charge in [-0.25, -0.2) is 0 Å². The average Bonchev–Trinajstić information content (AvgIpc) is 2.98. The van der Waals surface area contributed by atoms with Crippen LogP contribution >= 0.6 is 0 Å². The van der Waals surface area contributed by atoms with E-state index >= 15 is 0 Å². The number of hydrogen-bond acceptors (Lipinski definition) is 5. The minimum atomic E-state index is -0.0207. The number of carbonyl (C=O) groups is 1. The Labute approximate surface area is 171 Å². The summed E-state index contributed by atoms with van der Waals surface area (Å²) in [7, 11) is 3.22. The van der Waals surface area contributed by atoms with Gasteiger partial charge >= 0.3 is 0 Å². The van der Waals surface area contributed by atoms with Crippen molar-refractivity contribution >= 4 is 5.91 Å². The molecule has 6 nitrogen and oxygen atoms in total. The van der Waals surface area contributed by atoms with Crippen molar-refractivity contribution in [1.82, 2.24) is 4.90 Å². The van der Waals surface area contributed by atoms with Crippen LogP contribution in [0.25, 0.3) is 0 Å². The molecule has 0 bridgehead atoms. The zero-order valence-corrected chi connectivity index (χ0v) is 17.2. The molecule has 2 aromatic rings. The maximum atomic E-state index is 13.1. The Kier molecular flexibility index (Phi) is 5.51. The van der Waals surface area contributed by atoms with Crippen LogP contribution in [0.15, 0.2) is 30.3 Å². The lowest BCUT2D eigenvalue weighted by molar-refractivity contribution is -0.133. The quantitative estimate of drug-likeness (QED) is 0.790. The van der Waals surface area contributed by atoms with Gasteiger partial charge in [0.2, 0.25) is 5.91 Å². The number of methoxy groups -OCH3 is 2. The van der Waals surface area contributed by atoms with Crippen molar-refractivity contribution < 1.29 is 23.7 Å². The van der Waals surface area contributed by atoms with Gasteiger partial charge in [-0.2, -0.15) is 0 Å². The molecule has 2 heterocycles. The molecule has 154 valence electrons. The van der Waals surface area contributed by atoms with Gasteiger partial charge in [-0.05, 0) is 42.7 Å². The molecule has 0 aliphatic carbocycles. The standard InChI is InChI=1S/C23H27NO5/c1-15-19-14-22-21(28-9-4-10-29-22)11-16(19)7-8-24(15)23(25)12-17-5-6-18(26-2)13-20(17)27-3/h5-6,11,13-15H,4,7-10,12H2,1-3H3/t15-/m0/s1. The van der Waals surface area contributed by atoms with E-state index in [9.17, 15) is 4.79 Å². The second-order valence-corrected chi connectivity index (χ2v) is 7.42. The molecule has 4 rings (SSSR count). The molecule has 0 saturated carbocycles. The number of fused-ring (bicyclic) bond motifs is 2. The highest BCUT2D eigenvalue weighted by Gasteiger charge is 2.30. The topological polar surface area (TPSA) is 57.2 Å². The fraction of sp³-hybridized carbons (Fsp3) is 0.435. The molecule has 0 aromatic heterocycles. The Balaban J connectivity index is 1.55. The van der Waals surface area contributed by atoms with Crippen molar-refractivity contribution in [2.24, 2.45) is 0 Å². The van der Waals surface area contributed by atoms with E-state index in [1.54, 1.807) is 14.2 Å². The number of carbonyl (C=O) groups excluding carboxylic acids is 1. The lowest BCUT2D eigenvalue weighted by atomic mass is 9.92. The van der Waals surface area contributed by atoms with Gasteiger partial charge in [0.15, 0.2) is 11.5 Å². The van der Waals surface area contributed by atoms with Gasteiger partial charge in [0.25, 0.3) is 0 Å². The summed E-state index contributed by atoms with van der Waals surface area (Å²) in [4.78, 5) is 15.1. The summed E-state index contributed by atoms with van der Waals surface area (Å²) < 4.78 is 22.4. The van der Waals surface area contributed by atoms with Crippen molar-refractivity contribution in [1.29, 1.82) is 0 Å². The molecule has 6 heteroatoms. The van der Waals surface area contributed by atoms with Crippen molar-refractivity contribution in [3.8, 4) is 23.0 Å². The highest BCUT2D eigenvalue weighted by molar-refractivity contribution is 5.80. The van der Waals surface area contributed by atoms with Crippen LogP contribution in [-0.2, 0) is 17.6 Å². The number of nitrogens with zero attached hydrogens (tertiary/aromatic N) is 1. The summed E-state index contributed by atoms with van der Waals surface area (Å²) >= 11 is 0. The monoisotopic (exact) mass is 397 g/mol. The van der Waals surface area contributed by atoms with E-state index in [2.05, 4.69) is 13.0 Å². The normalized spacial score (nSPS) is 17.9. The predicted molar refractivity (Wildman–Crippen MR) is 109 cm³/mol. The van der Waals surface area contributed by atoms with Gasteiger partial charge in [0.1, 0.15) is 11.5 Å². The first kappa shape index (κ1) is 19.4. The Bertz CT molecular complexity index is 910. The van der Waals surface area contributed by atoms with E-state index in [1.807, 2.05) is 29.2 Å². The summed E-state index contributed by atoms with van der Waals surface area (Å²) in [5, 5.41) is 0. The zero-order valence-electron chi connectivity index (χ0n) is 17.2. The molecule has 0 spiro atoms. The lowest BCUT2D eigenvalue weighted by Crippen LogP contribution is -2.39. The fourth-order valence-electron chi connectivity index (χ4n) is 4.08. The molecule has 0 radical (unpaired) electrons. The largest absolute Gasteiger partial charge is 0.497 e. The summed E-state index contributed by atoms with van der Waals surface area (Å²) in [5.41, 5.74) is 3.22. The van der Waals surface area contributed by atoms with E-state index < -0.39 is 0 Å². The number of ether oxygens (including phenoxy) is 4. The molecule has 29 heavy (non-hydrogen) atoms. The molecule has 1 amide bonds. The Morgan fingerprint density at radius 1 is 1.10 bits per heavy atom. The summed E-state index contributed by atoms with van der Waals surface area (Å²) in [6, 6.07) is 9.67. The molecular weight excluding hydrogens is 370 g/mol. The highest BCUT2D eigenvalue weighted by Crippen LogP contribution is 2.39. The summed E-state index contributed by atoms with van der Waals surface area (Å²) in [5.74, 6) is 3.05. The molecule has 2 aliphatic rings. The number of hydrogen-bond donors (Lipinski definition) is 0. The van der Waals surface area contributed by atoms with Crippen molar-refractivity contribution in [2.75, 3.05) is 34.0 Å². The van der Waals surface area contributed by atoms with Gasteiger partial charge in [-0.1, -0.05) is 6.07 Å². The molecule has 2 aliphatic heterocycles. The van der Waals surface area contributed by atoms with Crippen LogP contribution in [0.4, 0.5) is 0 Å². The SMILES string of the molecule is COc1ccc(CC(=O)N2CCc3cc4c(cc3[C@@H]2C)OCCCO4)c(OC)c1. The maximum Gasteiger partial charge on any atom is 0.227 e. The van der Waals surface area contributed by atoms with Crippen LogP contribution in [0.5, 0.6) is 23.0 Å². The van der Waals surface area contributed by atoms with Crippen LogP contribution < -0.4 is 18.9 Å². The minimum absolute atomic E-state index is 0.0207. The third kappa shape index (κ3) is 3.84. The zero-order chi connectivity index (χ0) is 20.4. The van der Waals surface area contributed by atoms with Crippen LogP contribution in [0.1, 0.15) is 36.1 Å². The molecule has 1 atom stereocenters. The van der Waals surface area contributed by atoms with E-state index in [0.717, 1.165) is 35.5 Å². The van der Waals surface area contributed by atoms with Gasteiger partial charge < -0.3 is 23.8 Å². The van der Waals surface area contributed by atoms with Gasteiger partial charge in [0, 0.05) is 24.6 Å². The van der Waals surface area contributed by atoms with E-state index in [1.165, 1.54) is 5.56 Å². The molecule has 0 fully saturated rings. The van der Waals surface area contributed by atoms with Crippen molar-refractivity contribution in [2.45, 2.75) is 32.2 Å². The third-order valence-corrected chi connectivity index (χ3v) is 5.71. The molecule has 0 unspecified atom stereocenters. The smallest absolute Gasteiger partial charge is 0.227 e. The highest BCUT2D eigenvalue weighted by atomic mass is 16.5. The summed E-state index contributed by atoms with van der Waals surface area (Å²) in [6.45, 7) is 4.09. The second kappa shape index (κ2) is 8.23. The molecular formula is C23H27NO5. The van der Waals surface area contributed by atoms with Crippen LogP contribution in [0.2, 0.25) is 0 Å². The van der Waals surface area contributed by atoms with Crippen molar-refractivity contribution in [3.05, 3.63) is 47.0 Å². The van der Waals surface area contributed by atoms with Gasteiger partial charge in [-0.15, -0.1) is 0 Å². The second-order valence-electron chi connectivity index (χ2n) is 7.42. The first-order valence-electron chi connectivity index (χ1n) is 10.0. The van der Waals surface area contributed by atoms with E-state index in [4.69, 9.17) is 18.9 Å². The third-order valence-electron chi connectivity index (χ3n) is 5.71. The Hall–Kier alpha value is -2.89. The van der Waals surface area contributed by atoms with Crippen LogP contribution in [0.3, 0.4) is 0 Å². The Morgan fingerprint density at radius 3 is 2.59 bits per heavy atom. The Morgan fingerprint density at radius 2 is 1.86 bits per heavy atom. The van der Waals surface area contributed by atoms with Gasteiger partial charge in [-0.3, -0.25) is 4.79 Å². The van der Waals surface area contributed by atoms with Gasteiger partial charge in [0.05, 0.1) is 39.9 Å². The average molecular weight is 397 g/mol. The van der Waals surface area contributed by atoms with Crippen LogP contribution in [0, 0.1) is 0 Å². The van der Waals surface area contributed by atoms with Crippen LogP contribution in [-0.4, -0.2) is 44.8 Å². The molecule has 0 N–H and O–H groups in total. The number of rotatable bonds is 4. The van der Waals surface area contributed by atoms with E-state index in [0.29, 0.717) is 31.3 Å². The van der Waals surface area contributed by atoms with E-state index in [-0.39, 0.29) is 18.4 Å². The summed E-state index contributed by atoms with van der Waals surface area (Å²) in [6.07, 6.45) is 1.97. The lowest BCUT2D eigenvalue weighted by Gasteiger charge is -2.36. The minimum Gasteiger partial charge on any atom is -0.497 e. The molecule has 2 aromatic carbocycles. The maximum absolute atomic E-state index is 13.1. The molecule has 0 saturated heterocycles. The first-order valence-corrected chi connectivity index (χ1v) is 10.0. The number of amides is 1. The predicted octanol–water partition coefficient (Wildman–Crippen LogP) is 3.55. The fourth-order valence-corrected chi connectivity index (χ4v) is 4.08. The number of benzene rings is 2. The van der Waals surface area contributed by atoms with Crippen molar-refractivity contribution in [3.63, 3.8) is 0 Å². The first-order chi connectivity index (χ1) is 14.1.